The highest BCUT2D eigenvalue weighted by Crippen LogP contribution is 2.41. The molecule has 6 heteroatoms. The molecule has 0 saturated carbocycles. The van der Waals surface area contributed by atoms with Crippen molar-refractivity contribution in [3.63, 3.8) is 0 Å². The van der Waals surface area contributed by atoms with Gasteiger partial charge in [-0.2, -0.15) is 0 Å². The minimum absolute atomic E-state index is 0.606. The molecule has 0 amide bonds. The van der Waals surface area contributed by atoms with Crippen LogP contribution < -0.4 is 0 Å². The SMILES string of the molecule is [C-]#[N+]c1ccc2c(c1)c1cc(-c3ccc(-c4nc(-c5ccccc5)nc(-c5ccccc5)n4)c4ccccc34)ccc1n2-c1cccc2cccnc12. The minimum atomic E-state index is 0.606. The molecule has 53 heavy (non-hydrogen) atoms. The molecule has 0 spiro atoms. The highest BCUT2D eigenvalue weighted by Gasteiger charge is 2.19. The van der Waals surface area contributed by atoms with E-state index >= 15 is 0 Å². The number of pyridine rings is 1. The summed E-state index contributed by atoms with van der Waals surface area (Å²) in [6.45, 7) is 7.78. The Morgan fingerprint density at radius 2 is 1.06 bits per heavy atom. The molecule has 0 aliphatic rings. The van der Waals surface area contributed by atoms with Crippen molar-refractivity contribution in [2.75, 3.05) is 0 Å². The molecular formula is C47H28N6. The minimum Gasteiger partial charge on any atom is -0.307 e. The highest BCUT2D eigenvalue weighted by molar-refractivity contribution is 6.13. The molecule has 0 aliphatic heterocycles. The van der Waals surface area contributed by atoms with Crippen molar-refractivity contribution >= 4 is 49.2 Å². The van der Waals surface area contributed by atoms with Crippen LogP contribution in [0.1, 0.15) is 0 Å². The van der Waals surface area contributed by atoms with Crippen molar-refractivity contribution in [3.05, 3.63) is 181 Å². The average molecular weight is 677 g/mol. The van der Waals surface area contributed by atoms with Gasteiger partial charge in [0, 0.05) is 33.7 Å². The normalized spacial score (nSPS) is 11.4. The third kappa shape index (κ3) is 5.11. The van der Waals surface area contributed by atoms with Gasteiger partial charge in [0.25, 0.3) is 0 Å². The fourth-order valence-electron chi connectivity index (χ4n) is 7.45. The van der Waals surface area contributed by atoms with E-state index in [9.17, 15) is 0 Å². The average Bonchev–Trinajstić information content (AvgIpc) is 3.56. The molecule has 0 radical (unpaired) electrons. The van der Waals surface area contributed by atoms with Crippen molar-refractivity contribution < 1.29 is 0 Å². The van der Waals surface area contributed by atoms with Gasteiger partial charge in [-0.15, -0.1) is 0 Å². The maximum absolute atomic E-state index is 7.78. The van der Waals surface area contributed by atoms with Crippen LogP contribution in [-0.4, -0.2) is 24.5 Å². The Morgan fingerprint density at radius 3 is 1.77 bits per heavy atom. The fraction of sp³-hybridized carbons (Fsp3) is 0. The number of rotatable bonds is 5. The van der Waals surface area contributed by atoms with E-state index in [-0.39, 0.29) is 0 Å². The van der Waals surface area contributed by atoms with Crippen LogP contribution in [0.5, 0.6) is 0 Å². The van der Waals surface area contributed by atoms with E-state index in [4.69, 9.17) is 26.5 Å². The van der Waals surface area contributed by atoms with Gasteiger partial charge in [-0.1, -0.05) is 121 Å². The summed E-state index contributed by atoms with van der Waals surface area (Å²) < 4.78 is 2.27. The van der Waals surface area contributed by atoms with Crippen molar-refractivity contribution in [1.29, 1.82) is 0 Å². The van der Waals surface area contributed by atoms with E-state index in [0.717, 1.165) is 77.0 Å². The molecule has 10 aromatic rings. The lowest BCUT2D eigenvalue weighted by Crippen LogP contribution is -2.00. The molecule has 0 bridgehead atoms. The molecule has 10 rings (SSSR count). The lowest BCUT2D eigenvalue weighted by molar-refractivity contribution is 1.08. The summed E-state index contributed by atoms with van der Waals surface area (Å²) in [5.41, 5.74) is 9.60. The summed E-state index contributed by atoms with van der Waals surface area (Å²) >= 11 is 0. The zero-order valence-electron chi connectivity index (χ0n) is 28.3. The van der Waals surface area contributed by atoms with E-state index in [2.05, 4.69) is 94.3 Å². The van der Waals surface area contributed by atoms with Crippen LogP contribution in [0.25, 0.3) is 99.3 Å². The van der Waals surface area contributed by atoms with Crippen LogP contribution in [-0.2, 0) is 0 Å². The van der Waals surface area contributed by atoms with Gasteiger partial charge in [0.2, 0.25) is 0 Å². The first-order valence-electron chi connectivity index (χ1n) is 17.4. The maximum atomic E-state index is 7.78. The molecule has 0 N–H and O–H groups in total. The quantitative estimate of drug-likeness (QED) is 0.170. The molecule has 246 valence electrons. The molecular weight excluding hydrogens is 649 g/mol. The van der Waals surface area contributed by atoms with Crippen LogP contribution in [0, 0.1) is 6.57 Å². The second kappa shape index (κ2) is 12.4. The molecule has 0 fully saturated rings. The van der Waals surface area contributed by atoms with Crippen molar-refractivity contribution in [2.45, 2.75) is 0 Å². The lowest BCUT2D eigenvalue weighted by Gasteiger charge is -2.14. The number of fused-ring (bicyclic) bond motifs is 5. The number of nitrogens with zero attached hydrogens (tertiary/aromatic N) is 6. The number of hydrogen-bond acceptors (Lipinski definition) is 4. The van der Waals surface area contributed by atoms with Gasteiger partial charge in [0.1, 0.15) is 0 Å². The van der Waals surface area contributed by atoms with Gasteiger partial charge in [-0.25, -0.2) is 19.8 Å². The standard InChI is InChI=1S/C47H28N6/c1-48-34-22-26-42-40(29-34)39-28-33(21-25-41(39)53(42)43-20-10-16-30-17-11-27-49-44(30)43)35-23-24-38(37-19-9-8-18-36(35)37)47-51-45(31-12-4-2-5-13-31)50-46(52-47)32-14-6-3-7-15-32/h2-29H. The van der Waals surface area contributed by atoms with Crippen LogP contribution >= 0.6 is 0 Å². The Bertz CT molecular complexity index is 3010. The second-order valence-corrected chi connectivity index (χ2v) is 13.0. The Kier molecular flexibility index (Phi) is 7.09. The monoisotopic (exact) mass is 676 g/mol. The van der Waals surface area contributed by atoms with Crippen LogP contribution in [0.15, 0.2) is 170 Å². The van der Waals surface area contributed by atoms with Gasteiger partial charge in [0.15, 0.2) is 23.2 Å². The largest absolute Gasteiger partial charge is 0.307 e. The van der Waals surface area contributed by atoms with Gasteiger partial charge in [-0.3, -0.25) is 4.98 Å². The molecule has 0 atom stereocenters. The zero-order chi connectivity index (χ0) is 35.3. The summed E-state index contributed by atoms with van der Waals surface area (Å²) in [6.07, 6.45) is 1.84. The van der Waals surface area contributed by atoms with Crippen LogP contribution in [0.3, 0.4) is 0 Å². The zero-order valence-corrected chi connectivity index (χ0v) is 28.3. The number of para-hydroxylation sites is 1. The second-order valence-electron chi connectivity index (χ2n) is 13.0. The number of hydrogen-bond donors (Lipinski definition) is 0. The Labute approximate surface area is 305 Å². The molecule has 0 aliphatic carbocycles. The molecule has 6 nitrogen and oxygen atoms in total. The maximum Gasteiger partial charge on any atom is 0.188 e. The summed E-state index contributed by atoms with van der Waals surface area (Å²) in [4.78, 5) is 23.6. The van der Waals surface area contributed by atoms with Gasteiger partial charge in [0.05, 0.1) is 28.8 Å². The van der Waals surface area contributed by atoms with E-state index in [1.54, 1.807) is 0 Å². The Balaban J connectivity index is 1.18. The van der Waals surface area contributed by atoms with E-state index in [1.807, 2.05) is 85.1 Å². The van der Waals surface area contributed by atoms with E-state index in [1.165, 1.54) is 0 Å². The van der Waals surface area contributed by atoms with Crippen molar-refractivity contribution in [1.82, 2.24) is 24.5 Å². The summed E-state index contributed by atoms with van der Waals surface area (Å²) in [5.74, 6) is 1.88. The van der Waals surface area contributed by atoms with Crippen LogP contribution in [0.2, 0.25) is 0 Å². The Hall–Kier alpha value is -7.49. The first kappa shape index (κ1) is 30.3. The van der Waals surface area contributed by atoms with Gasteiger partial charge < -0.3 is 4.57 Å². The topological polar surface area (TPSA) is 60.9 Å². The van der Waals surface area contributed by atoms with Gasteiger partial charge in [-0.05, 0) is 69.8 Å². The van der Waals surface area contributed by atoms with Gasteiger partial charge >= 0.3 is 0 Å². The lowest BCUT2D eigenvalue weighted by atomic mass is 9.94. The Morgan fingerprint density at radius 1 is 0.453 bits per heavy atom. The molecule has 3 heterocycles. The number of benzene rings is 7. The van der Waals surface area contributed by atoms with Crippen molar-refractivity contribution in [3.8, 4) is 51.0 Å². The smallest absolute Gasteiger partial charge is 0.188 e. The van der Waals surface area contributed by atoms with E-state index < -0.39 is 0 Å². The third-order valence-corrected chi connectivity index (χ3v) is 9.91. The first-order chi connectivity index (χ1) is 26.2. The van der Waals surface area contributed by atoms with Crippen LogP contribution in [0.4, 0.5) is 5.69 Å². The summed E-state index contributed by atoms with van der Waals surface area (Å²) in [5, 5.41) is 5.31. The molecule has 7 aromatic carbocycles. The predicted molar refractivity (Wildman–Crippen MR) is 215 cm³/mol. The molecule has 0 unspecified atom stereocenters. The predicted octanol–water partition coefficient (Wildman–Crippen LogP) is 11.9. The number of aromatic nitrogens is 5. The van der Waals surface area contributed by atoms with Crippen molar-refractivity contribution in [2.24, 2.45) is 0 Å². The molecule has 3 aromatic heterocycles. The molecule has 0 saturated heterocycles. The third-order valence-electron chi connectivity index (χ3n) is 9.91. The summed E-state index contributed by atoms with van der Waals surface area (Å²) in [6, 6.07) is 55.8. The van der Waals surface area contributed by atoms with E-state index in [0.29, 0.717) is 23.2 Å². The highest BCUT2D eigenvalue weighted by atomic mass is 15.0. The first-order valence-corrected chi connectivity index (χ1v) is 17.4. The summed E-state index contributed by atoms with van der Waals surface area (Å²) in [7, 11) is 0. The fourth-order valence-corrected chi connectivity index (χ4v) is 7.45.